The molecule has 3 rings (SSSR count). The standard InChI is InChI=1S/C13H14N4O2/c1-9-3-2-4-11(14-9)12-7-10-8-16(13(18)19)5-6-17(10)15-12/h2-4,7H,5-6,8H2,1H3,(H,18,19). The molecule has 1 amide bonds. The van der Waals surface area contributed by atoms with E-state index in [0.717, 1.165) is 22.8 Å². The smallest absolute Gasteiger partial charge is 0.407 e. The van der Waals surface area contributed by atoms with Gasteiger partial charge in [0.1, 0.15) is 5.69 Å². The van der Waals surface area contributed by atoms with Crippen molar-refractivity contribution < 1.29 is 9.90 Å². The first-order valence-corrected chi connectivity index (χ1v) is 6.12. The van der Waals surface area contributed by atoms with E-state index in [1.165, 1.54) is 4.90 Å². The van der Waals surface area contributed by atoms with Gasteiger partial charge in [-0.15, -0.1) is 0 Å². The Morgan fingerprint density at radius 3 is 2.89 bits per heavy atom. The lowest BCUT2D eigenvalue weighted by Gasteiger charge is -2.24. The Balaban J connectivity index is 1.93. The fourth-order valence-electron chi connectivity index (χ4n) is 2.24. The van der Waals surface area contributed by atoms with Crippen molar-refractivity contribution in [3.63, 3.8) is 0 Å². The zero-order chi connectivity index (χ0) is 13.4. The van der Waals surface area contributed by atoms with E-state index >= 15 is 0 Å². The number of hydrogen-bond acceptors (Lipinski definition) is 3. The molecule has 3 heterocycles. The third kappa shape index (κ3) is 2.16. The Bertz CT molecular complexity index is 635. The minimum absolute atomic E-state index is 0.383. The zero-order valence-corrected chi connectivity index (χ0v) is 10.6. The summed E-state index contributed by atoms with van der Waals surface area (Å²) in [6.07, 6.45) is -0.886. The summed E-state index contributed by atoms with van der Waals surface area (Å²) in [5, 5.41) is 13.5. The summed E-state index contributed by atoms with van der Waals surface area (Å²) < 4.78 is 1.86. The van der Waals surface area contributed by atoms with Crippen LogP contribution >= 0.6 is 0 Å². The van der Waals surface area contributed by atoms with Gasteiger partial charge in [0.25, 0.3) is 0 Å². The SMILES string of the molecule is Cc1cccc(-c2cc3n(n2)CCN(C(=O)O)C3)n1. The molecular formula is C13H14N4O2. The van der Waals surface area contributed by atoms with Crippen LogP contribution in [0.3, 0.4) is 0 Å². The van der Waals surface area contributed by atoms with E-state index in [-0.39, 0.29) is 0 Å². The molecule has 0 radical (unpaired) electrons. The fourth-order valence-corrected chi connectivity index (χ4v) is 2.24. The maximum atomic E-state index is 11.0. The largest absolute Gasteiger partial charge is 0.465 e. The second-order valence-corrected chi connectivity index (χ2v) is 4.61. The van der Waals surface area contributed by atoms with Crippen molar-refractivity contribution in [3.05, 3.63) is 35.7 Å². The number of carbonyl (C=O) groups is 1. The van der Waals surface area contributed by atoms with Crippen molar-refractivity contribution >= 4 is 6.09 Å². The molecule has 98 valence electrons. The number of pyridine rings is 1. The summed E-state index contributed by atoms with van der Waals surface area (Å²) in [6.45, 7) is 3.39. The molecule has 19 heavy (non-hydrogen) atoms. The van der Waals surface area contributed by atoms with Crippen LogP contribution in [0.5, 0.6) is 0 Å². The summed E-state index contributed by atoms with van der Waals surface area (Å²) in [4.78, 5) is 16.8. The lowest BCUT2D eigenvalue weighted by Crippen LogP contribution is -2.37. The number of aromatic nitrogens is 3. The second-order valence-electron chi connectivity index (χ2n) is 4.61. The quantitative estimate of drug-likeness (QED) is 0.845. The summed E-state index contributed by atoms with van der Waals surface area (Å²) in [6, 6.07) is 7.71. The van der Waals surface area contributed by atoms with Crippen molar-refractivity contribution in [2.45, 2.75) is 20.0 Å². The number of hydrogen-bond donors (Lipinski definition) is 1. The van der Waals surface area contributed by atoms with Gasteiger partial charge in [-0.3, -0.25) is 9.67 Å². The highest BCUT2D eigenvalue weighted by atomic mass is 16.4. The number of amides is 1. The lowest BCUT2D eigenvalue weighted by atomic mass is 10.2. The average Bonchev–Trinajstić information content (AvgIpc) is 2.81. The third-order valence-corrected chi connectivity index (χ3v) is 3.22. The van der Waals surface area contributed by atoms with Crippen LogP contribution in [0.4, 0.5) is 4.79 Å². The van der Waals surface area contributed by atoms with E-state index in [0.29, 0.717) is 19.6 Å². The van der Waals surface area contributed by atoms with Gasteiger partial charge >= 0.3 is 6.09 Å². The van der Waals surface area contributed by atoms with Crippen LogP contribution in [0.2, 0.25) is 0 Å². The maximum Gasteiger partial charge on any atom is 0.407 e. The molecule has 2 aromatic heterocycles. The van der Waals surface area contributed by atoms with Gasteiger partial charge in [0, 0.05) is 12.2 Å². The number of nitrogens with zero attached hydrogens (tertiary/aromatic N) is 4. The molecular weight excluding hydrogens is 244 g/mol. The van der Waals surface area contributed by atoms with E-state index < -0.39 is 6.09 Å². The molecule has 0 spiro atoms. The van der Waals surface area contributed by atoms with Crippen LogP contribution in [0.1, 0.15) is 11.4 Å². The van der Waals surface area contributed by atoms with Crippen LogP contribution in [0, 0.1) is 6.92 Å². The molecule has 1 N–H and O–H groups in total. The molecule has 6 nitrogen and oxygen atoms in total. The highest BCUT2D eigenvalue weighted by Crippen LogP contribution is 2.20. The predicted molar refractivity (Wildman–Crippen MR) is 68.6 cm³/mol. The van der Waals surface area contributed by atoms with Crippen LogP contribution in [0.15, 0.2) is 24.3 Å². The molecule has 1 aliphatic rings. The molecule has 0 atom stereocenters. The third-order valence-electron chi connectivity index (χ3n) is 3.22. The molecule has 0 saturated heterocycles. The van der Waals surface area contributed by atoms with Gasteiger partial charge in [-0.25, -0.2) is 4.79 Å². The van der Waals surface area contributed by atoms with E-state index in [1.54, 1.807) is 0 Å². The predicted octanol–water partition coefficient (Wildman–Crippen LogP) is 1.75. The first kappa shape index (κ1) is 11.7. The van der Waals surface area contributed by atoms with E-state index in [2.05, 4.69) is 10.1 Å². The molecule has 0 aliphatic carbocycles. The van der Waals surface area contributed by atoms with Gasteiger partial charge in [-0.1, -0.05) is 6.07 Å². The van der Waals surface area contributed by atoms with Crippen molar-refractivity contribution in [3.8, 4) is 11.4 Å². The monoisotopic (exact) mass is 258 g/mol. The number of fused-ring (bicyclic) bond motifs is 1. The van der Waals surface area contributed by atoms with Crippen molar-refractivity contribution in [1.82, 2.24) is 19.7 Å². The molecule has 0 bridgehead atoms. The number of carboxylic acid groups (broad SMARTS) is 1. The molecule has 0 fully saturated rings. The minimum atomic E-state index is -0.886. The Labute approximate surface area is 110 Å². The van der Waals surface area contributed by atoms with E-state index in [9.17, 15) is 4.79 Å². The van der Waals surface area contributed by atoms with E-state index in [1.807, 2.05) is 35.9 Å². The van der Waals surface area contributed by atoms with Crippen LogP contribution in [-0.2, 0) is 13.1 Å². The van der Waals surface area contributed by atoms with Gasteiger partial charge in [-0.2, -0.15) is 5.10 Å². The summed E-state index contributed by atoms with van der Waals surface area (Å²) in [7, 11) is 0. The van der Waals surface area contributed by atoms with Crippen molar-refractivity contribution in [2.24, 2.45) is 0 Å². The Morgan fingerprint density at radius 2 is 2.16 bits per heavy atom. The Hall–Kier alpha value is -2.37. The van der Waals surface area contributed by atoms with Crippen LogP contribution in [-0.4, -0.2) is 37.4 Å². The van der Waals surface area contributed by atoms with Crippen LogP contribution < -0.4 is 0 Å². The Kier molecular flexibility index (Phi) is 2.70. The van der Waals surface area contributed by atoms with E-state index in [4.69, 9.17) is 5.11 Å². The lowest BCUT2D eigenvalue weighted by molar-refractivity contribution is 0.131. The highest BCUT2D eigenvalue weighted by Gasteiger charge is 2.22. The number of aryl methyl sites for hydroxylation is 1. The molecule has 1 aliphatic heterocycles. The maximum absolute atomic E-state index is 11.0. The number of rotatable bonds is 1. The van der Waals surface area contributed by atoms with Crippen molar-refractivity contribution in [2.75, 3.05) is 6.54 Å². The molecule has 0 aromatic carbocycles. The first-order chi connectivity index (χ1) is 9.13. The topological polar surface area (TPSA) is 71.2 Å². The minimum Gasteiger partial charge on any atom is -0.465 e. The normalized spacial score (nSPS) is 14.3. The van der Waals surface area contributed by atoms with Gasteiger partial charge in [0.15, 0.2) is 0 Å². The second kappa shape index (κ2) is 4.38. The summed E-state index contributed by atoms with van der Waals surface area (Å²) >= 11 is 0. The Morgan fingerprint density at radius 1 is 1.32 bits per heavy atom. The molecule has 2 aromatic rings. The first-order valence-electron chi connectivity index (χ1n) is 6.12. The van der Waals surface area contributed by atoms with Gasteiger partial charge in [-0.05, 0) is 25.1 Å². The molecule has 0 unspecified atom stereocenters. The average molecular weight is 258 g/mol. The highest BCUT2D eigenvalue weighted by molar-refractivity contribution is 5.65. The zero-order valence-electron chi connectivity index (χ0n) is 10.6. The summed E-state index contributed by atoms with van der Waals surface area (Å²) in [5.74, 6) is 0. The van der Waals surface area contributed by atoms with Crippen LogP contribution in [0.25, 0.3) is 11.4 Å². The van der Waals surface area contributed by atoms with Gasteiger partial charge < -0.3 is 10.0 Å². The molecule has 6 heteroatoms. The van der Waals surface area contributed by atoms with Gasteiger partial charge in [0.2, 0.25) is 0 Å². The fraction of sp³-hybridized carbons (Fsp3) is 0.308. The van der Waals surface area contributed by atoms with Gasteiger partial charge in [0.05, 0.1) is 24.5 Å². The summed E-state index contributed by atoms with van der Waals surface area (Å²) in [5.41, 5.74) is 3.47. The van der Waals surface area contributed by atoms with Crippen molar-refractivity contribution in [1.29, 1.82) is 0 Å². The molecule has 0 saturated carbocycles.